The van der Waals surface area contributed by atoms with Gasteiger partial charge in [0.25, 0.3) is 0 Å². The van der Waals surface area contributed by atoms with Crippen LogP contribution < -0.4 is 21.7 Å². The third-order valence-electron chi connectivity index (χ3n) is 10.9. The second-order valence-electron chi connectivity index (χ2n) is 15.2. The number of hydrogen-bond donors (Lipinski definition) is 5. The number of likely N-dealkylation sites (N-methyl/N-ethyl adjacent to an activating group) is 2. The molecule has 1 fully saturated rings. The number of carbonyl (C=O) groups is 4. The van der Waals surface area contributed by atoms with Gasteiger partial charge in [0.15, 0.2) is 0 Å². The Morgan fingerprint density at radius 2 is 1.58 bits per heavy atom. The van der Waals surface area contributed by atoms with E-state index >= 15 is 0 Å². The van der Waals surface area contributed by atoms with Gasteiger partial charge in [0, 0.05) is 39.1 Å². The predicted molar refractivity (Wildman–Crippen MR) is 204 cm³/mol. The molecule has 52 heavy (non-hydrogen) atoms. The standard InChI is InChI=1S/C39H68N6O7/c1-13-24(6)34(44(10)39(50)33(23(4)5)43-38(49)32(41-9)22(2)3)30(51-11)21-31(46)45-20-16-19-29(45)36(52-12)25(7)37(48)42-26(8)35(47)27-17-14-15-18-28(27)40/h14-15,17-18,22-26,29-30,32-36,41,47H,13,16,19-21,40H2,1-12H3,(H,42,48)(H,43,49)/t24-,25+,26+,29-,30+,32-,33-,34-,35+,36+/m0/s1. The van der Waals surface area contributed by atoms with Crippen LogP contribution in [0.15, 0.2) is 24.3 Å². The van der Waals surface area contributed by atoms with Crippen LogP contribution in [0.1, 0.15) is 92.7 Å². The van der Waals surface area contributed by atoms with Crippen LogP contribution in [0.5, 0.6) is 0 Å². The number of aliphatic hydroxyl groups excluding tert-OH is 1. The molecule has 1 aliphatic rings. The number of amides is 4. The van der Waals surface area contributed by atoms with Crippen LogP contribution in [0.3, 0.4) is 0 Å². The number of benzene rings is 1. The van der Waals surface area contributed by atoms with Gasteiger partial charge in [0.05, 0.1) is 48.7 Å². The van der Waals surface area contributed by atoms with Gasteiger partial charge in [-0.1, -0.05) is 73.1 Å². The maximum absolute atomic E-state index is 14.1. The molecule has 13 heteroatoms. The van der Waals surface area contributed by atoms with E-state index in [1.807, 2.05) is 41.5 Å². The van der Waals surface area contributed by atoms with Crippen molar-refractivity contribution in [1.82, 2.24) is 25.8 Å². The highest BCUT2D eigenvalue weighted by Gasteiger charge is 2.43. The molecular weight excluding hydrogens is 664 g/mol. The Labute approximate surface area is 312 Å². The summed E-state index contributed by atoms with van der Waals surface area (Å²) in [6.07, 6.45) is -0.0736. The first-order valence-corrected chi connectivity index (χ1v) is 18.9. The normalized spacial score (nSPS) is 20.0. The van der Waals surface area contributed by atoms with Crippen molar-refractivity contribution in [3.8, 4) is 0 Å². The minimum atomic E-state index is -1.00. The van der Waals surface area contributed by atoms with Crippen molar-refractivity contribution in [1.29, 1.82) is 0 Å². The monoisotopic (exact) mass is 733 g/mol. The van der Waals surface area contributed by atoms with Crippen LogP contribution in [0.25, 0.3) is 0 Å². The van der Waals surface area contributed by atoms with Crippen LogP contribution in [-0.2, 0) is 28.7 Å². The van der Waals surface area contributed by atoms with Gasteiger partial charge in [0.1, 0.15) is 12.1 Å². The van der Waals surface area contributed by atoms with Gasteiger partial charge in [-0.15, -0.1) is 0 Å². The van der Waals surface area contributed by atoms with Gasteiger partial charge < -0.3 is 46.1 Å². The zero-order valence-electron chi connectivity index (χ0n) is 33.6. The maximum Gasteiger partial charge on any atom is 0.245 e. The lowest BCUT2D eigenvalue weighted by Crippen LogP contribution is -2.59. The van der Waals surface area contributed by atoms with E-state index in [0.29, 0.717) is 24.2 Å². The third kappa shape index (κ3) is 11.1. The van der Waals surface area contributed by atoms with Crippen LogP contribution >= 0.6 is 0 Å². The Morgan fingerprint density at radius 3 is 2.10 bits per heavy atom. The lowest BCUT2D eigenvalue weighted by Gasteiger charge is -2.41. The van der Waals surface area contributed by atoms with Crippen LogP contribution in [0.4, 0.5) is 5.69 Å². The van der Waals surface area contributed by atoms with Gasteiger partial charge in [-0.05, 0) is 50.6 Å². The zero-order valence-corrected chi connectivity index (χ0v) is 33.6. The molecule has 10 atom stereocenters. The molecule has 1 heterocycles. The predicted octanol–water partition coefficient (Wildman–Crippen LogP) is 3.11. The summed E-state index contributed by atoms with van der Waals surface area (Å²) in [5, 5.41) is 19.9. The van der Waals surface area contributed by atoms with E-state index in [1.54, 1.807) is 76.2 Å². The number of aliphatic hydroxyl groups is 1. The Hall–Kier alpha value is -3.26. The SMILES string of the molecule is CC[C@H](C)[C@@H]([C@@H](CC(=O)N1CCC[C@H]1[C@H](OC)[C@@H](C)C(=O)N[C@H](C)[C@@H](O)c1ccccc1N)OC)N(C)C(=O)[C@@H](NC(=O)[C@@H](NC)C(C)C)C(C)C. The summed E-state index contributed by atoms with van der Waals surface area (Å²) in [5.41, 5.74) is 7.03. The van der Waals surface area contributed by atoms with Crippen molar-refractivity contribution >= 4 is 29.3 Å². The summed E-state index contributed by atoms with van der Waals surface area (Å²) in [5.74, 6) is -1.74. The van der Waals surface area contributed by atoms with E-state index < -0.39 is 48.4 Å². The summed E-state index contributed by atoms with van der Waals surface area (Å²) in [7, 11) is 6.55. The fraction of sp³-hybridized carbons (Fsp3) is 0.744. The van der Waals surface area contributed by atoms with Crippen LogP contribution in [-0.4, -0.2) is 116 Å². The van der Waals surface area contributed by atoms with Gasteiger partial charge >= 0.3 is 0 Å². The highest BCUT2D eigenvalue weighted by Crippen LogP contribution is 2.30. The molecule has 0 spiro atoms. The molecule has 0 unspecified atom stereocenters. The molecule has 4 amide bonds. The third-order valence-corrected chi connectivity index (χ3v) is 10.9. The summed E-state index contributed by atoms with van der Waals surface area (Å²) in [6, 6.07) is 4.35. The highest BCUT2D eigenvalue weighted by molar-refractivity contribution is 5.90. The van der Waals surface area contributed by atoms with Crippen molar-refractivity contribution < 1.29 is 33.8 Å². The number of methoxy groups -OCH3 is 2. The van der Waals surface area contributed by atoms with Crippen LogP contribution in [0, 0.1) is 23.7 Å². The van der Waals surface area contributed by atoms with E-state index in [4.69, 9.17) is 15.2 Å². The number of nitrogens with one attached hydrogen (secondary N) is 3. The molecular formula is C39H68N6O7. The molecule has 2 rings (SSSR count). The molecule has 0 aromatic heterocycles. The minimum absolute atomic E-state index is 0.0201. The summed E-state index contributed by atoms with van der Waals surface area (Å²) in [4.78, 5) is 58.4. The summed E-state index contributed by atoms with van der Waals surface area (Å²) in [6.45, 7) is 15.8. The van der Waals surface area contributed by atoms with Gasteiger partial charge in [-0.3, -0.25) is 19.2 Å². The number of carbonyl (C=O) groups excluding carboxylic acids is 4. The second-order valence-corrected chi connectivity index (χ2v) is 15.2. The molecule has 13 nitrogen and oxygen atoms in total. The number of anilines is 1. The molecule has 1 aromatic carbocycles. The van der Waals surface area contributed by atoms with Gasteiger partial charge in [-0.2, -0.15) is 0 Å². The number of rotatable bonds is 20. The van der Waals surface area contributed by atoms with Crippen molar-refractivity contribution in [3.05, 3.63) is 29.8 Å². The van der Waals surface area contributed by atoms with Crippen molar-refractivity contribution in [3.63, 3.8) is 0 Å². The molecule has 1 saturated heterocycles. The summed E-state index contributed by atoms with van der Waals surface area (Å²) >= 11 is 0. The molecule has 1 aliphatic heterocycles. The topological polar surface area (TPSA) is 176 Å². The Balaban J connectivity index is 2.25. The molecule has 0 saturated carbocycles. The van der Waals surface area contributed by atoms with E-state index in [9.17, 15) is 24.3 Å². The molecule has 296 valence electrons. The van der Waals surface area contributed by atoms with Crippen LogP contribution in [0.2, 0.25) is 0 Å². The Morgan fingerprint density at radius 1 is 0.962 bits per heavy atom. The number of likely N-dealkylation sites (tertiary alicyclic amines) is 1. The fourth-order valence-corrected chi connectivity index (χ4v) is 7.53. The largest absolute Gasteiger partial charge is 0.398 e. The first-order chi connectivity index (χ1) is 24.5. The van der Waals surface area contributed by atoms with Gasteiger partial charge in [-0.25, -0.2) is 0 Å². The van der Waals surface area contributed by atoms with E-state index in [1.165, 1.54) is 0 Å². The highest BCUT2D eigenvalue weighted by atomic mass is 16.5. The number of hydrogen-bond acceptors (Lipinski definition) is 9. The smallest absolute Gasteiger partial charge is 0.245 e. The van der Waals surface area contributed by atoms with E-state index in [0.717, 1.165) is 12.8 Å². The average molecular weight is 733 g/mol. The molecule has 0 aliphatic carbocycles. The first kappa shape index (κ1) is 44.9. The quantitative estimate of drug-likeness (QED) is 0.126. The van der Waals surface area contributed by atoms with E-state index in [-0.39, 0.29) is 53.8 Å². The zero-order chi connectivity index (χ0) is 39.4. The maximum atomic E-state index is 14.1. The molecule has 6 N–H and O–H groups in total. The molecule has 0 radical (unpaired) electrons. The van der Waals surface area contributed by atoms with Crippen molar-refractivity contribution in [2.24, 2.45) is 23.7 Å². The lowest BCUT2D eigenvalue weighted by molar-refractivity contribution is -0.148. The fourth-order valence-electron chi connectivity index (χ4n) is 7.53. The number of para-hydroxylation sites is 1. The van der Waals surface area contributed by atoms with E-state index in [2.05, 4.69) is 16.0 Å². The Kier molecular flexibility index (Phi) is 18.0. The lowest BCUT2D eigenvalue weighted by atomic mass is 9.89. The summed E-state index contributed by atoms with van der Waals surface area (Å²) < 4.78 is 11.9. The first-order valence-electron chi connectivity index (χ1n) is 18.9. The number of nitrogens with zero attached hydrogens (tertiary/aromatic N) is 2. The van der Waals surface area contributed by atoms with Gasteiger partial charge in [0.2, 0.25) is 23.6 Å². The number of nitrogen functional groups attached to an aromatic ring is 1. The minimum Gasteiger partial charge on any atom is -0.398 e. The average Bonchev–Trinajstić information content (AvgIpc) is 3.59. The number of ether oxygens (including phenoxy) is 2. The number of nitrogens with two attached hydrogens (primary N) is 1. The second kappa shape index (κ2) is 20.8. The Bertz CT molecular complexity index is 1310. The molecule has 1 aromatic rings. The molecule has 0 bridgehead atoms. The van der Waals surface area contributed by atoms with Crippen molar-refractivity contribution in [2.75, 3.05) is 40.6 Å². The van der Waals surface area contributed by atoms with Crippen molar-refractivity contribution in [2.45, 2.75) is 130 Å².